The summed E-state index contributed by atoms with van der Waals surface area (Å²) in [5.74, 6) is 0. The minimum Gasteiger partial charge on any atom is -0.446 e. The minimum absolute atomic E-state index is 0.0742. The predicted molar refractivity (Wildman–Crippen MR) is 112 cm³/mol. The van der Waals surface area contributed by atoms with Crippen molar-refractivity contribution in [3.05, 3.63) is 54.1 Å². The number of cyclic esters (lactones) is 1. The van der Waals surface area contributed by atoms with E-state index in [1.54, 1.807) is 16.2 Å². The molecule has 4 rings (SSSR count). The second-order valence-corrected chi connectivity index (χ2v) is 7.61. The molecule has 6 nitrogen and oxygen atoms in total. The maximum Gasteiger partial charge on any atom is 0.491 e. The molecule has 1 aromatic heterocycles. The molecule has 2 unspecified atom stereocenters. The summed E-state index contributed by atoms with van der Waals surface area (Å²) in [4.78, 5) is 25.6. The Labute approximate surface area is 169 Å². The van der Waals surface area contributed by atoms with Gasteiger partial charge in [-0.15, -0.1) is 11.3 Å². The molecular weight excluding hydrogens is 395 g/mol. The molecule has 1 aliphatic heterocycles. The van der Waals surface area contributed by atoms with Crippen LogP contribution in [-0.2, 0) is 15.8 Å². The van der Waals surface area contributed by atoms with E-state index in [1.807, 2.05) is 25.1 Å². The van der Waals surface area contributed by atoms with Crippen LogP contribution in [0.3, 0.4) is 0 Å². The maximum atomic E-state index is 12.1. The van der Waals surface area contributed by atoms with Gasteiger partial charge in [0.1, 0.15) is 11.1 Å². The number of benzene rings is 2. The fraction of sp³-hybridized carbons (Fsp3) is 0.300. The van der Waals surface area contributed by atoms with Gasteiger partial charge in [-0.1, -0.05) is 43.3 Å². The van der Waals surface area contributed by atoms with Crippen LogP contribution in [0.4, 0.5) is 4.79 Å². The molecular formula is C20H22N2O4PS+. The molecule has 8 heteroatoms. The third-order valence-corrected chi connectivity index (χ3v) is 5.66. The van der Waals surface area contributed by atoms with E-state index in [9.17, 15) is 4.79 Å². The molecule has 0 saturated carbocycles. The van der Waals surface area contributed by atoms with Gasteiger partial charge in [0.25, 0.3) is 0 Å². The lowest BCUT2D eigenvalue weighted by molar-refractivity contribution is 0.0211. The van der Waals surface area contributed by atoms with Gasteiger partial charge in [0, 0.05) is 25.1 Å². The van der Waals surface area contributed by atoms with E-state index in [-0.39, 0.29) is 12.2 Å². The van der Waals surface area contributed by atoms with Gasteiger partial charge >= 0.3 is 14.8 Å². The van der Waals surface area contributed by atoms with Crippen LogP contribution in [-0.4, -0.2) is 33.5 Å². The average molecular weight is 417 g/mol. The van der Waals surface area contributed by atoms with Crippen molar-refractivity contribution in [2.75, 3.05) is 6.54 Å². The molecule has 0 aliphatic carbocycles. The number of hydrogen-bond acceptors (Lipinski definition) is 5. The zero-order valence-electron chi connectivity index (χ0n) is 15.5. The molecule has 1 saturated heterocycles. The highest BCUT2D eigenvalue weighted by atomic mass is 32.1. The number of ether oxygens (including phenoxy) is 1. The molecule has 146 valence electrons. The zero-order valence-corrected chi connectivity index (χ0v) is 17.3. The Balaban J connectivity index is 0.000000706. The topological polar surface area (TPSA) is 79.7 Å². The summed E-state index contributed by atoms with van der Waals surface area (Å²) in [7, 11) is -1.17. The van der Waals surface area contributed by atoms with Gasteiger partial charge in [0.15, 0.2) is 0 Å². The van der Waals surface area contributed by atoms with E-state index in [0.29, 0.717) is 6.54 Å². The molecule has 0 radical (unpaired) electrons. The van der Waals surface area contributed by atoms with Crippen LogP contribution in [0.1, 0.15) is 25.3 Å². The SMILES string of the molecule is CCC1CCN(Cc2ccc(-c3nc4ccccc4s3)cc2)C(=O)O1.O=[PH+]O. The quantitative estimate of drug-likeness (QED) is 0.604. The number of fused-ring (bicyclic) bond motifs is 1. The normalized spacial score (nSPS) is 16.6. The number of carbonyl (C=O) groups excluding carboxylic acids is 1. The molecule has 2 heterocycles. The summed E-state index contributed by atoms with van der Waals surface area (Å²) in [6.45, 7) is 3.40. The van der Waals surface area contributed by atoms with Gasteiger partial charge in [0.05, 0.1) is 10.2 Å². The van der Waals surface area contributed by atoms with Gasteiger partial charge in [-0.3, -0.25) is 0 Å². The van der Waals surface area contributed by atoms with Crippen molar-refractivity contribution in [3.8, 4) is 10.6 Å². The molecule has 3 aromatic rings. The Morgan fingerprint density at radius 3 is 2.61 bits per heavy atom. The molecule has 2 aromatic carbocycles. The Hall–Kier alpha value is -2.34. The van der Waals surface area contributed by atoms with Crippen LogP contribution < -0.4 is 0 Å². The first-order valence-electron chi connectivity index (χ1n) is 9.06. The number of aromatic nitrogens is 1. The van der Waals surface area contributed by atoms with E-state index in [0.717, 1.165) is 41.0 Å². The van der Waals surface area contributed by atoms with Crippen molar-refractivity contribution in [1.82, 2.24) is 9.88 Å². The van der Waals surface area contributed by atoms with Crippen molar-refractivity contribution in [2.45, 2.75) is 32.4 Å². The minimum atomic E-state index is -1.17. The van der Waals surface area contributed by atoms with Crippen molar-refractivity contribution in [2.24, 2.45) is 0 Å². The summed E-state index contributed by atoms with van der Waals surface area (Å²) in [5, 5.41) is 1.02. The van der Waals surface area contributed by atoms with E-state index in [1.165, 1.54) is 4.70 Å². The van der Waals surface area contributed by atoms with E-state index < -0.39 is 8.69 Å². The molecule has 0 spiro atoms. The van der Waals surface area contributed by atoms with Crippen LogP contribution in [0.5, 0.6) is 0 Å². The molecule has 1 fully saturated rings. The summed E-state index contributed by atoms with van der Waals surface area (Å²) in [6.07, 6.45) is 1.67. The highest BCUT2D eigenvalue weighted by Gasteiger charge is 2.25. The third-order valence-electron chi connectivity index (χ3n) is 4.57. The van der Waals surface area contributed by atoms with Gasteiger partial charge in [0.2, 0.25) is 0 Å². The largest absolute Gasteiger partial charge is 0.491 e. The fourth-order valence-corrected chi connectivity index (χ4v) is 4.04. The molecule has 28 heavy (non-hydrogen) atoms. The molecule has 0 bridgehead atoms. The summed E-state index contributed by atoms with van der Waals surface area (Å²) < 4.78 is 15.1. The van der Waals surface area contributed by atoms with Gasteiger partial charge in [-0.25, -0.2) is 9.78 Å². The lowest BCUT2D eigenvalue weighted by Crippen LogP contribution is -2.41. The number of thiazole rings is 1. The molecule has 1 aliphatic rings. The molecule has 1 amide bonds. The second kappa shape index (κ2) is 9.73. The first kappa shape index (κ1) is 20.4. The van der Waals surface area contributed by atoms with Gasteiger partial charge in [-0.05, 0) is 28.7 Å². The van der Waals surface area contributed by atoms with Gasteiger partial charge in [-0.2, -0.15) is 4.89 Å². The van der Waals surface area contributed by atoms with Crippen LogP contribution in [0, 0.1) is 0 Å². The van der Waals surface area contributed by atoms with Crippen LogP contribution in [0.2, 0.25) is 0 Å². The standard InChI is InChI=1S/C20H20N2O2S.HO2P/c1-2-16-11-12-22(20(23)24-16)13-14-7-9-15(10-8-14)19-21-17-5-3-4-6-18(17)25-19;1-3-2/h3-10,16H,2,11-13H2,1H3;3H/p+1. The zero-order chi connectivity index (χ0) is 19.9. The summed E-state index contributed by atoms with van der Waals surface area (Å²) in [5.41, 5.74) is 3.25. The molecule has 1 N–H and O–H groups in total. The lowest BCUT2D eigenvalue weighted by Gasteiger charge is -2.31. The number of amides is 1. The Morgan fingerprint density at radius 1 is 1.25 bits per heavy atom. The van der Waals surface area contributed by atoms with Crippen molar-refractivity contribution in [1.29, 1.82) is 0 Å². The number of rotatable bonds is 4. The van der Waals surface area contributed by atoms with E-state index in [2.05, 4.69) is 30.3 Å². The van der Waals surface area contributed by atoms with Crippen LogP contribution in [0.15, 0.2) is 48.5 Å². The first-order chi connectivity index (χ1) is 13.6. The second-order valence-electron chi connectivity index (χ2n) is 6.40. The average Bonchev–Trinajstić information content (AvgIpc) is 3.15. The van der Waals surface area contributed by atoms with Crippen LogP contribution >= 0.6 is 20.0 Å². The van der Waals surface area contributed by atoms with Crippen molar-refractivity contribution >= 4 is 36.3 Å². The van der Waals surface area contributed by atoms with Crippen LogP contribution in [0.25, 0.3) is 20.8 Å². The highest BCUT2D eigenvalue weighted by molar-refractivity contribution is 7.21. The Morgan fingerprint density at radius 2 is 1.96 bits per heavy atom. The Bertz CT molecular complexity index is 912. The summed E-state index contributed by atoms with van der Waals surface area (Å²) in [6, 6.07) is 16.5. The van der Waals surface area contributed by atoms with Gasteiger partial charge < -0.3 is 9.64 Å². The van der Waals surface area contributed by atoms with Crippen molar-refractivity contribution in [3.63, 3.8) is 0 Å². The van der Waals surface area contributed by atoms with Crippen molar-refractivity contribution < 1.29 is 19.0 Å². The smallest absolute Gasteiger partial charge is 0.446 e. The number of para-hydroxylation sites is 1. The monoisotopic (exact) mass is 417 g/mol. The lowest BCUT2D eigenvalue weighted by atomic mass is 10.1. The fourth-order valence-electron chi connectivity index (χ4n) is 3.07. The third kappa shape index (κ3) is 4.93. The number of nitrogens with zero attached hydrogens (tertiary/aromatic N) is 2. The van der Waals surface area contributed by atoms with E-state index in [4.69, 9.17) is 19.2 Å². The number of carbonyl (C=O) groups is 1. The Kier molecular flexibility index (Phi) is 7.09. The predicted octanol–water partition coefficient (Wildman–Crippen LogP) is 5.00. The molecule has 2 atom stereocenters. The van der Waals surface area contributed by atoms with E-state index >= 15 is 0 Å². The maximum absolute atomic E-state index is 12.1. The first-order valence-corrected chi connectivity index (χ1v) is 10.7. The number of hydrogen-bond donors (Lipinski definition) is 1. The summed E-state index contributed by atoms with van der Waals surface area (Å²) >= 11 is 1.70. The highest BCUT2D eigenvalue weighted by Crippen LogP contribution is 2.30.